The van der Waals surface area contributed by atoms with Crippen molar-refractivity contribution in [1.82, 2.24) is 4.72 Å². The zero-order valence-electron chi connectivity index (χ0n) is 12.1. The second-order valence-electron chi connectivity index (χ2n) is 5.41. The van der Waals surface area contributed by atoms with E-state index in [1.54, 1.807) is 12.1 Å². The van der Waals surface area contributed by atoms with Crippen LogP contribution in [0, 0.1) is 5.92 Å². The van der Waals surface area contributed by atoms with Gasteiger partial charge in [-0.1, -0.05) is 38.3 Å². The molecule has 0 atom stereocenters. The highest BCUT2D eigenvalue weighted by atomic mass is 32.2. The van der Waals surface area contributed by atoms with Crippen LogP contribution in [0.5, 0.6) is 0 Å². The van der Waals surface area contributed by atoms with Gasteiger partial charge in [0.15, 0.2) is 0 Å². The minimum Gasteiger partial charge on any atom is -0.384 e. The van der Waals surface area contributed by atoms with Crippen molar-refractivity contribution in [3.05, 3.63) is 24.3 Å². The third-order valence-corrected chi connectivity index (χ3v) is 5.33. The number of nitrogens with one attached hydrogen (secondary N) is 2. The van der Waals surface area contributed by atoms with Gasteiger partial charge in [-0.3, -0.25) is 0 Å². The second-order valence-corrected chi connectivity index (χ2v) is 7.14. The highest BCUT2D eigenvalue weighted by Crippen LogP contribution is 2.29. The normalized spacial score (nSPS) is 15.8. The minimum absolute atomic E-state index is 0.349. The molecule has 0 amide bonds. The van der Waals surface area contributed by atoms with Crippen molar-refractivity contribution in [2.75, 3.05) is 18.4 Å². The van der Waals surface area contributed by atoms with Gasteiger partial charge in [-0.05, 0) is 30.9 Å². The van der Waals surface area contributed by atoms with Gasteiger partial charge < -0.3 is 5.32 Å². The molecule has 20 heavy (non-hydrogen) atoms. The molecule has 0 saturated heterocycles. The Morgan fingerprint density at radius 3 is 2.60 bits per heavy atom. The molecule has 1 fully saturated rings. The molecule has 0 bridgehead atoms. The summed E-state index contributed by atoms with van der Waals surface area (Å²) < 4.78 is 27.4. The van der Waals surface area contributed by atoms with Crippen molar-refractivity contribution in [1.29, 1.82) is 0 Å². The Morgan fingerprint density at radius 1 is 1.20 bits per heavy atom. The molecule has 1 aromatic carbocycles. The summed E-state index contributed by atoms with van der Waals surface area (Å²) in [6.45, 7) is 3.37. The predicted molar refractivity (Wildman–Crippen MR) is 82.4 cm³/mol. The van der Waals surface area contributed by atoms with Crippen LogP contribution in [0.15, 0.2) is 29.2 Å². The maximum absolute atomic E-state index is 12.4. The third kappa shape index (κ3) is 3.96. The van der Waals surface area contributed by atoms with Crippen molar-refractivity contribution >= 4 is 15.7 Å². The minimum atomic E-state index is -3.41. The molecule has 0 aromatic heterocycles. The molecule has 0 unspecified atom stereocenters. The van der Waals surface area contributed by atoms with Gasteiger partial charge in [-0.2, -0.15) is 0 Å². The van der Waals surface area contributed by atoms with Crippen LogP contribution in [-0.4, -0.2) is 21.5 Å². The van der Waals surface area contributed by atoms with Crippen LogP contribution in [0.3, 0.4) is 0 Å². The Kier molecular flexibility index (Phi) is 5.43. The molecular formula is C15H24N2O2S. The summed E-state index contributed by atoms with van der Waals surface area (Å²) in [6.07, 6.45) is 5.70. The molecule has 1 saturated carbocycles. The number of benzene rings is 1. The Bertz CT molecular complexity index is 524. The highest BCUT2D eigenvalue weighted by molar-refractivity contribution is 7.89. The largest absolute Gasteiger partial charge is 0.384 e. The van der Waals surface area contributed by atoms with Gasteiger partial charge in [0, 0.05) is 13.1 Å². The molecule has 0 spiro atoms. The monoisotopic (exact) mass is 296 g/mol. The van der Waals surface area contributed by atoms with E-state index in [1.807, 2.05) is 12.1 Å². The lowest BCUT2D eigenvalue weighted by Crippen LogP contribution is -2.28. The summed E-state index contributed by atoms with van der Waals surface area (Å²) in [5.41, 5.74) is 0.686. The predicted octanol–water partition coefficient (Wildman–Crippen LogP) is 2.98. The summed E-state index contributed by atoms with van der Waals surface area (Å²) >= 11 is 0. The molecule has 1 aliphatic rings. The molecule has 4 nitrogen and oxygen atoms in total. The van der Waals surface area contributed by atoms with E-state index in [0.717, 1.165) is 19.4 Å². The van der Waals surface area contributed by atoms with Gasteiger partial charge in [0.25, 0.3) is 0 Å². The lowest BCUT2D eigenvalue weighted by atomic mass is 9.83. The van der Waals surface area contributed by atoms with Crippen LogP contribution in [0.25, 0.3) is 0 Å². The molecule has 0 aliphatic heterocycles. The summed E-state index contributed by atoms with van der Waals surface area (Å²) in [4.78, 5) is 0.349. The number of hydrogen-bond acceptors (Lipinski definition) is 3. The van der Waals surface area contributed by atoms with E-state index < -0.39 is 10.0 Å². The average Bonchev–Trinajstić information content (AvgIpc) is 2.39. The average molecular weight is 296 g/mol. The molecule has 2 N–H and O–H groups in total. The van der Waals surface area contributed by atoms with E-state index in [4.69, 9.17) is 0 Å². The van der Waals surface area contributed by atoms with Crippen LogP contribution in [-0.2, 0) is 10.0 Å². The first-order chi connectivity index (χ1) is 9.63. The topological polar surface area (TPSA) is 58.2 Å². The lowest BCUT2D eigenvalue weighted by Gasteiger charge is -2.25. The van der Waals surface area contributed by atoms with Crippen LogP contribution >= 0.6 is 0 Å². The molecule has 5 heteroatoms. The zero-order chi connectivity index (χ0) is 14.4. The Hall–Kier alpha value is -1.07. The van der Waals surface area contributed by atoms with Gasteiger partial charge in [0.1, 0.15) is 4.90 Å². The van der Waals surface area contributed by atoms with Gasteiger partial charge in [0.05, 0.1) is 5.69 Å². The maximum atomic E-state index is 12.4. The molecule has 112 valence electrons. The van der Waals surface area contributed by atoms with Crippen LogP contribution in [0.4, 0.5) is 5.69 Å². The van der Waals surface area contributed by atoms with Crippen molar-refractivity contribution in [3.63, 3.8) is 0 Å². The summed E-state index contributed by atoms with van der Waals surface area (Å²) in [7, 11) is -3.41. The quantitative estimate of drug-likeness (QED) is 0.775. The van der Waals surface area contributed by atoms with Crippen molar-refractivity contribution in [2.24, 2.45) is 5.92 Å². The molecule has 2 rings (SSSR count). The molecule has 1 aliphatic carbocycles. The first-order valence-electron chi connectivity index (χ1n) is 7.46. The van der Waals surface area contributed by atoms with Gasteiger partial charge in [0.2, 0.25) is 10.0 Å². The number of hydrogen-bond donors (Lipinski definition) is 2. The number of sulfonamides is 1. The standard InChI is InChI=1S/C15H24N2O2S/c1-2-11-16-14-8-3-4-9-15(14)20(18,19)17-12-10-13-6-5-7-13/h3-4,8-9,13,16-17H,2,5-7,10-12H2,1H3. The van der Waals surface area contributed by atoms with Crippen molar-refractivity contribution in [2.45, 2.75) is 43.9 Å². The van der Waals surface area contributed by atoms with Gasteiger partial charge in [-0.15, -0.1) is 0 Å². The fourth-order valence-corrected chi connectivity index (χ4v) is 3.59. The first kappa shape index (κ1) is 15.3. The van der Waals surface area contributed by atoms with Crippen LogP contribution in [0.2, 0.25) is 0 Å². The van der Waals surface area contributed by atoms with E-state index in [-0.39, 0.29) is 0 Å². The molecular weight excluding hydrogens is 272 g/mol. The van der Waals surface area contributed by atoms with E-state index in [0.29, 0.717) is 23.0 Å². The van der Waals surface area contributed by atoms with Crippen LogP contribution < -0.4 is 10.0 Å². The fraction of sp³-hybridized carbons (Fsp3) is 0.600. The summed E-state index contributed by atoms with van der Waals surface area (Å²) in [5.74, 6) is 0.714. The highest BCUT2D eigenvalue weighted by Gasteiger charge is 2.20. The first-order valence-corrected chi connectivity index (χ1v) is 8.94. The zero-order valence-corrected chi connectivity index (χ0v) is 12.9. The van der Waals surface area contributed by atoms with Crippen molar-refractivity contribution < 1.29 is 8.42 Å². The molecule has 0 radical (unpaired) electrons. The molecule has 0 heterocycles. The van der Waals surface area contributed by atoms with Gasteiger partial charge in [-0.25, -0.2) is 13.1 Å². The number of rotatable bonds is 8. The smallest absolute Gasteiger partial charge is 0.242 e. The Balaban J connectivity index is 1.99. The molecule has 1 aromatic rings. The summed E-state index contributed by atoms with van der Waals surface area (Å²) in [5, 5.41) is 3.17. The lowest BCUT2D eigenvalue weighted by molar-refractivity contribution is 0.297. The van der Waals surface area contributed by atoms with E-state index >= 15 is 0 Å². The van der Waals surface area contributed by atoms with Gasteiger partial charge >= 0.3 is 0 Å². The van der Waals surface area contributed by atoms with E-state index in [2.05, 4.69) is 17.0 Å². The number of para-hydroxylation sites is 1. The van der Waals surface area contributed by atoms with E-state index in [9.17, 15) is 8.42 Å². The van der Waals surface area contributed by atoms with Crippen LogP contribution in [0.1, 0.15) is 39.0 Å². The van der Waals surface area contributed by atoms with Crippen molar-refractivity contribution in [3.8, 4) is 0 Å². The third-order valence-electron chi connectivity index (χ3n) is 3.81. The Morgan fingerprint density at radius 2 is 1.95 bits per heavy atom. The second kappa shape index (κ2) is 7.09. The summed E-state index contributed by atoms with van der Waals surface area (Å²) in [6, 6.07) is 7.09. The SMILES string of the molecule is CCCNc1ccccc1S(=O)(=O)NCCC1CCC1. The number of anilines is 1. The van der Waals surface area contributed by atoms with E-state index in [1.165, 1.54) is 19.3 Å². The maximum Gasteiger partial charge on any atom is 0.242 e. The Labute approximate surface area is 122 Å². The fourth-order valence-electron chi connectivity index (χ4n) is 2.36.